The number of morpholine rings is 1. The Balaban J connectivity index is 1.41. The summed E-state index contributed by atoms with van der Waals surface area (Å²) in [7, 11) is 3.62. The molecule has 0 N–H and O–H groups in total. The molecule has 1 saturated heterocycles. The molecule has 1 fully saturated rings. The van der Waals surface area contributed by atoms with Crippen LogP contribution in [0, 0.1) is 0 Å². The molecule has 0 radical (unpaired) electrons. The number of ether oxygens (including phenoxy) is 2. The number of aromatic nitrogens is 5. The molecule has 9 nitrogen and oxygen atoms in total. The van der Waals surface area contributed by atoms with Gasteiger partial charge in [0.2, 0.25) is 5.89 Å². The zero-order valence-electron chi connectivity index (χ0n) is 18.1. The van der Waals surface area contributed by atoms with Crippen molar-refractivity contribution in [2.45, 2.75) is 13.0 Å². The predicted octanol–water partition coefficient (Wildman–Crippen LogP) is 2.67. The number of oxazole rings is 1. The third-order valence-electron chi connectivity index (χ3n) is 6.09. The zero-order chi connectivity index (χ0) is 21.7. The molecule has 0 aliphatic carbocycles. The van der Waals surface area contributed by atoms with Crippen molar-refractivity contribution in [1.29, 1.82) is 0 Å². The monoisotopic (exact) mass is 432 g/mol. The number of imidazole rings is 1. The summed E-state index contributed by atoms with van der Waals surface area (Å²) in [6.07, 6.45) is 6.32. The van der Waals surface area contributed by atoms with Gasteiger partial charge in [0.25, 0.3) is 0 Å². The summed E-state index contributed by atoms with van der Waals surface area (Å²) in [5.74, 6) is 1.34. The third kappa shape index (κ3) is 3.21. The molecular formula is C23H24N6O3. The lowest BCUT2D eigenvalue weighted by Crippen LogP contribution is -2.35. The minimum atomic E-state index is 0.546. The highest BCUT2D eigenvalue weighted by Gasteiger charge is 2.27. The minimum absolute atomic E-state index is 0.546. The van der Waals surface area contributed by atoms with E-state index in [2.05, 4.69) is 15.7 Å². The summed E-state index contributed by atoms with van der Waals surface area (Å²) < 4.78 is 20.8. The molecule has 9 heteroatoms. The Morgan fingerprint density at radius 3 is 2.88 bits per heavy atom. The van der Waals surface area contributed by atoms with E-state index in [0.717, 1.165) is 78.2 Å². The molecule has 6 rings (SSSR count). The number of aryl methyl sites for hydroxylation is 1. The van der Waals surface area contributed by atoms with Gasteiger partial charge in [0.15, 0.2) is 0 Å². The Kier molecular flexibility index (Phi) is 4.58. The van der Waals surface area contributed by atoms with Crippen LogP contribution < -0.4 is 4.74 Å². The van der Waals surface area contributed by atoms with E-state index >= 15 is 0 Å². The molecule has 3 aromatic heterocycles. The van der Waals surface area contributed by atoms with Crippen LogP contribution in [-0.4, -0.2) is 62.6 Å². The largest absolute Gasteiger partial charge is 0.497 e. The van der Waals surface area contributed by atoms with Crippen LogP contribution in [-0.2, 0) is 24.8 Å². The van der Waals surface area contributed by atoms with Gasteiger partial charge >= 0.3 is 0 Å². The minimum Gasteiger partial charge on any atom is -0.497 e. The number of fused-ring (bicyclic) bond motifs is 5. The number of methoxy groups -OCH3 is 1. The number of hydrogen-bond donors (Lipinski definition) is 0. The van der Waals surface area contributed by atoms with Crippen molar-refractivity contribution in [2.24, 2.45) is 7.05 Å². The molecule has 0 bridgehead atoms. The highest BCUT2D eigenvalue weighted by molar-refractivity contribution is 5.77. The van der Waals surface area contributed by atoms with Crippen molar-refractivity contribution >= 4 is 0 Å². The van der Waals surface area contributed by atoms with Gasteiger partial charge in [0, 0.05) is 50.4 Å². The second-order valence-electron chi connectivity index (χ2n) is 8.18. The smallest absolute Gasteiger partial charge is 0.247 e. The Bertz CT molecular complexity index is 1280. The second kappa shape index (κ2) is 7.61. The second-order valence-corrected chi connectivity index (χ2v) is 8.18. The van der Waals surface area contributed by atoms with Gasteiger partial charge in [-0.1, -0.05) is 0 Å². The average Bonchev–Trinajstić information content (AvgIpc) is 3.51. The van der Waals surface area contributed by atoms with Gasteiger partial charge in [-0.25, -0.2) is 9.97 Å². The van der Waals surface area contributed by atoms with Gasteiger partial charge < -0.3 is 18.5 Å². The molecule has 0 amide bonds. The lowest BCUT2D eigenvalue weighted by molar-refractivity contribution is 0.0336. The first-order chi connectivity index (χ1) is 15.7. The van der Waals surface area contributed by atoms with Crippen molar-refractivity contribution in [2.75, 3.05) is 33.4 Å². The molecular weight excluding hydrogens is 408 g/mol. The summed E-state index contributed by atoms with van der Waals surface area (Å²) >= 11 is 0. The van der Waals surface area contributed by atoms with Crippen molar-refractivity contribution in [3.8, 4) is 34.3 Å². The van der Waals surface area contributed by atoms with Crippen molar-refractivity contribution in [3.05, 3.63) is 53.9 Å². The van der Waals surface area contributed by atoms with Crippen LogP contribution in [0.4, 0.5) is 0 Å². The fraction of sp³-hybridized carbons (Fsp3) is 0.348. The van der Waals surface area contributed by atoms with Crippen LogP contribution in [0.1, 0.15) is 17.0 Å². The highest BCUT2D eigenvalue weighted by Crippen LogP contribution is 2.38. The van der Waals surface area contributed by atoms with Crippen LogP contribution in [0.3, 0.4) is 0 Å². The van der Waals surface area contributed by atoms with Crippen LogP contribution >= 0.6 is 0 Å². The summed E-state index contributed by atoms with van der Waals surface area (Å²) in [5.41, 5.74) is 6.81. The van der Waals surface area contributed by atoms with E-state index in [-0.39, 0.29) is 0 Å². The van der Waals surface area contributed by atoms with Crippen molar-refractivity contribution < 1.29 is 13.9 Å². The summed E-state index contributed by atoms with van der Waals surface area (Å²) in [6, 6.07) is 6.04. The zero-order valence-corrected chi connectivity index (χ0v) is 18.1. The van der Waals surface area contributed by atoms with Crippen LogP contribution in [0.15, 0.2) is 41.4 Å². The van der Waals surface area contributed by atoms with Crippen LogP contribution in [0.2, 0.25) is 0 Å². The van der Waals surface area contributed by atoms with E-state index < -0.39 is 0 Å². The highest BCUT2D eigenvalue weighted by atomic mass is 16.5. The molecule has 2 aliphatic rings. The normalized spacial score (nSPS) is 15.7. The van der Waals surface area contributed by atoms with Gasteiger partial charge in [-0.15, -0.1) is 0 Å². The first-order valence-electron chi connectivity index (χ1n) is 10.7. The number of hydrogen-bond acceptors (Lipinski definition) is 7. The molecule has 4 aromatic rings. The molecule has 32 heavy (non-hydrogen) atoms. The maximum Gasteiger partial charge on any atom is 0.247 e. The van der Waals surface area contributed by atoms with E-state index in [1.807, 2.05) is 36.3 Å². The van der Waals surface area contributed by atoms with E-state index in [4.69, 9.17) is 29.0 Å². The third-order valence-corrected chi connectivity index (χ3v) is 6.09. The first-order valence-corrected chi connectivity index (χ1v) is 10.7. The lowest BCUT2D eigenvalue weighted by atomic mass is 10.0. The van der Waals surface area contributed by atoms with Crippen LogP contribution in [0.25, 0.3) is 28.5 Å². The molecule has 164 valence electrons. The number of nitrogens with zero attached hydrogens (tertiary/aromatic N) is 6. The van der Waals surface area contributed by atoms with Gasteiger partial charge in [0.1, 0.15) is 24.0 Å². The first kappa shape index (κ1) is 19.3. The maximum absolute atomic E-state index is 5.89. The number of benzene rings is 1. The van der Waals surface area contributed by atoms with E-state index in [9.17, 15) is 0 Å². The average molecular weight is 432 g/mol. The van der Waals surface area contributed by atoms with Gasteiger partial charge in [-0.05, 0) is 18.2 Å². The molecule has 0 unspecified atom stereocenters. The van der Waals surface area contributed by atoms with E-state index in [1.165, 1.54) is 0 Å². The topological polar surface area (TPSA) is 83.4 Å². The van der Waals surface area contributed by atoms with E-state index in [0.29, 0.717) is 12.3 Å². The SMILES string of the molecule is COc1ccc2c(c1)-c1nn(C)cc1Cc1c(-c3nc(CN4CCOCC4)co3)ncn1-2. The van der Waals surface area contributed by atoms with Gasteiger partial charge in [0.05, 0.1) is 43.1 Å². The van der Waals surface area contributed by atoms with Crippen molar-refractivity contribution in [3.63, 3.8) is 0 Å². The lowest BCUT2D eigenvalue weighted by Gasteiger charge is -2.25. The van der Waals surface area contributed by atoms with E-state index in [1.54, 1.807) is 13.4 Å². The Hall–Kier alpha value is -3.43. The summed E-state index contributed by atoms with van der Waals surface area (Å²) in [5, 5.41) is 4.73. The van der Waals surface area contributed by atoms with Gasteiger partial charge in [-0.2, -0.15) is 5.10 Å². The van der Waals surface area contributed by atoms with Crippen molar-refractivity contribution in [1.82, 2.24) is 29.2 Å². The fourth-order valence-electron chi connectivity index (χ4n) is 4.52. The molecule has 5 heterocycles. The molecule has 0 spiro atoms. The van der Waals surface area contributed by atoms with Crippen LogP contribution in [0.5, 0.6) is 5.75 Å². The molecule has 0 saturated carbocycles. The number of rotatable bonds is 4. The van der Waals surface area contributed by atoms with Gasteiger partial charge in [-0.3, -0.25) is 9.58 Å². The quantitative estimate of drug-likeness (QED) is 0.432. The molecule has 1 aromatic carbocycles. The standard InChI is InChI=1S/C23H24N6O3/c1-27-11-15-9-20-22(23-25-16(13-32-23)12-28-5-7-31-8-6-28)24-14-29(20)19-4-3-17(30-2)10-18(19)21(15)26-27/h3-4,10-11,13-14H,5-9,12H2,1-2H3. The molecule has 0 atom stereocenters. The summed E-state index contributed by atoms with van der Waals surface area (Å²) in [6.45, 7) is 4.09. The summed E-state index contributed by atoms with van der Waals surface area (Å²) in [4.78, 5) is 11.8. The Morgan fingerprint density at radius 1 is 1.16 bits per heavy atom. The Labute approximate surface area is 185 Å². The Morgan fingerprint density at radius 2 is 2.03 bits per heavy atom. The fourth-order valence-corrected chi connectivity index (χ4v) is 4.52. The maximum atomic E-state index is 5.89. The molecule has 2 aliphatic heterocycles. The predicted molar refractivity (Wildman–Crippen MR) is 117 cm³/mol.